The van der Waals surface area contributed by atoms with Gasteiger partial charge in [0.1, 0.15) is 12.1 Å². The molecule has 0 bridgehead atoms. The van der Waals surface area contributed by atoms with Crippen LogP contribution in [0.1, 0.15) is 46.5 Å². The van der Waals surface area contributed by atoms with E-state index in [9.17, 15) is 9.59 Å². The van der Waals surface area contributed by atoms with E-state index in [1.165, 1.54) is 0 Å². The summed E-state index contributed by atoms with van der Waals surface area (Å²) >= 11 is 0. The minimum Gasteiger partial charge on any atom is -0.378 e. The number of amides is 2. The number of carbonyl (C=O) groups excluding carboxylic acids is 2. The number of carbonyl (C=O) groups is 2. The second kappa shape index (κ2) is 6.57. The van der Waals surface area contributed by atoms with E-state index >= 15 is 0 Å². The molecule has 4 atom stereocenters. The summed E-state index contributed by atoms with van der Waals surface area (Å²) in [5.74, 6) is 0.427. The van der Waals surface area contributed by atoms with Gasteiger partial charge in [0, 0.05) is 19.1 Å². The molecule has 0 aromatic rings. The molecule has 2 fully saturated rings. The van der Waals surface area contributed by atoms with E-state index < -0.39 is 0 Å². The number of piperazine rings is 1. The lowest BCUT2D eigenvalue weighted by atomic mass is 9.96. The molecule has 0 aromatic carbocycles. The van der Waals surface area contributed by atoms with Gasteiger partial charge in [0.25, 0.3) is 0 Å². The molecular weight excluding hydrogens is 256 g/mol. The molecule has 1 N–H and O–H groups in total. The predicted molar refractivity (Wildman–Crippen MR) is 76.2 cm³/mol. The average Bonchev–Trinajstić information content (AvgIpc) is 2.81. The van der Waals surface area contributed by atoms with Crippen molar-refractivity contribution in [1.29, 1.82) is 0 Å². The molecule has 2 rings (SSSR count). The second-order valence-electron chi connectivity index (χ2n) is 5.89. The largest absolute Gasteiger partial charge is 0.378 e. The molecule has 2 aliphatic heterocycles. The maximum Gasteiger partial charge on any atom is 0.245 e. The second-order valence-corrected chi connectivity index (χ2v) is 5.89. The summed E-state index contributed by atoms with van der Waals surface area (Å²) in [5, 5.41) is 2.87. The van der Waals surface area contributed by atoms with Gasteiger partial charge in [-0.3, -0.25) is 9.59 Å². The molecule has 114 valence electrons. The van der Waals surface area contributed by atoms with Crippen LogP contribution >= 0.6 is 0 Å². The normalized spacial score (nSPS) is 34.5. The van der Waals surface area contributed by atoms with Crippen LogP contribution in [0.25, 0.3) is 0 Å². The third-order valence-corrected chi connectivity index (χ3v) is 4.51. The first-order valence-corrected chi connectivity index (χ1v) is 7.80. The number of nitrogens with one attached hydrogen (secondary N) is 1. The Morgan fingerprint density at radius 3 is 2.65 bits per heavy atom. The third kappa shape index (κ3) is 2.97. The van der Waals surface area contributed by atoms with Gasteiger partial charge in [-0.1, -0.05) is 20.3 Å². The van der Waals surface area contributed by atoms with Crippen LogP contribution in [0.15, 0.2) is 0 Å². The lowest BCUT2D eigenvalue weighted by Crippen LogP contribution is -2.64. The monoisotopic (exact) mass is 282 g/mol. The lowest BCUT2D eigenvalue weighted by Gasteiger charge is -2.40. The first-order chi connectivity index (χ1) is 9.58. The average molecular weight is 282 g/mol. The molecule has 2 amide bonds. The molecule has 0 radical (unpaired) electrons. The van der Waals surface area contributed by atoms with Crippen LogP contribution in [0.5, 0.6) is 0 Å². The molecule has 0 aromatic heterocycles. The van der Waals surface area contributed by atoms with Gasteiger partial charge in [0.05, 0.1) is 6.10 Å². The maximum absolute atomic E-state index is 12.6. The summed E-state index contributed by atoms with van der Waals surface area (Å²) in [6.07, 6.45) is 3.42. The summed E-state index contributed by atoms with van der Waals surface area (Å²) in [7, 11) is 0. The van der Waals surface area contributed by atoms with E-state index in [4.69, 9.17) is 4.74 Å². The van der Waals surface area contributed by atoms with Gasteiger partial charge < -0.3 is 15.0 Å². The molecule has 2 aliphatic rings. The van der Waals surface area contributed by atoms with Crippen molar-refractivity contribution in [3.05, 3.63) is 0 Å². The molecule has 5 nitrogen and oxygen atoms in total. The van der Waals surface area contributed by atoms with Crippen LogP contribution in [-0.4, -0.2) is 48.1 Å². The Morgan fingerprint density at radius 1 is 1.35 bits per heavy atom. The van der Waals surface area contributed by atoms with Crippen molar-refractivity contribution in [2.75, 3.05) is 13.2 Å². The Morgan fingerprint density at radius 2 is 2.10 bits per heavy atom. The molecule has 0 spiro atoms. The Kier molecular flexibility index (Phi) is 5.02. The Bertz CT molecular complexity index is 372. The first-order valence-electron chi connectivity index (χ1n) is 7.80. The quantitative estimate of drug-likeness (QED) is 0.827. The van der Waals surface area contributed by atoms with Crippen LogP contribution in [-0.2, 0) is 14.3 Å². The first kappa shape index (κ1) is 15.3. The summed E-state index contributed by atoms with van der Waals surface area (Å²) in [6.45, 7) is 7.44. The Hall–Kier alpha value is -1.10. The molecule has 2 saturated heterocycles. The summed E-state index contributed by atoms with van der Waals surface area (Å²) < 4.78 is 5.57. The van der Waals surface area contributed by atoms with E-state index in [1.54, 1.807) is 4.90 Å². The van der Waals surface area contributed by atoms with Crippen molar-refractivity contribution in [1.82, 2.24) is 10.2 Å². The zero-order chi connectivity index (χ0) is 14.7. The van der Waals surface area contributed by atoms with Crippen molar-refractivity contribution in [2.24, 2.45) is 5.92 Å². The third-order valence-electron chi connectivity index (χ3n) is 4.51. The van der Waals surface area contributed by atoms with E-state index in [0.717, 1.165) is 19.4 Å². The zero-order valence-corrected chi connectivity index (χ0v) is 12.7. The summed E-state index contributed by atoms with van der Waals surface area (Å²) in [5.41, 5.74) is 0. The van der Waals surface area contributed by atoms with Crippen LogP contribution in [0, 0.1) is 5.92 Å². The molecule has 4 unspecified atom stereocenters. The fraction of sp³-hybridized carbons (Fsp3) is 0.867. The van der Waals surface area contributed by atoms with Crippen molar-refractivity contribution < 1.29 is 14.3 Å². The Balaban J connectivity index is 2.11. The van der Waals surface area contributed by atoms with E-state index in [2.05, 4.69) is 12.2 Å². The van der Waals surface area contributed by atoms with Crippen LogP contribution < -0.4 is 5.32 Å². The fourth-order valence-electron chi connectivity index (χ4n) is 3.20. The molecule has 5 heteroatoms. The van der Waals surface area contributed by atoms with Crippen molar-refractivity contribution >= 4 is 11.8 Å². The predicted octanol–water partition coefficient (Wildman–Crippen LogP) is 1.32. The van der Waals surface area contributed by atoms with E-state index in [-0.39, 0.29) is 30.0 Å². The minimum absolute atomic E-state index is 0.00267. The topological polar surface area (TPSA) is 58.6 Å². The number of rotatable bonds is 5. The van der Waals surface area contributed by atoms with Gasteiger partial charge in [-0.05, 0) is 26.2 Å². The summed E-state index contributed by atoms with van der Waals surface area (Å²) in [4.78, 5) is 26.6. The van der Waals surface area contributed by atoms with Gasteiger partial charge in [0.15, 0.2) is 0 Å². The van der Waals surface area contributed by atoms with Gasteiger partial charge in [-0.25, -0.2) is 0 Å². The van der Waals surface area contributed by atoms with Gasteiger partial charge in [0.2, 0.25) is 11.8 Å². The number of nitrogens with zero attached hydrogens (tertiary/aromatic N) is 1. The highest BCUT2D eigenvalue weighted by Gasteiger charge is 2.41. The molecule has 20 heavy (non-hydrogen) atoms. The molecule has 0 aliphatic carbocycles. The molecule has 2 heterocycles. The van der Waals surface area contributed by atoms with Crippen LogP contribution in [0.3, 0.4) is 0 Å². The minimum atomic E-state index is -0.340. The zero-order valence-electron chi connectivity index (χ0n) is 12.7. The van der Waals surface area contributed by atoms with E-state index in [1.807, 2.05) is 13.8 Å². The van der Waals surface area contributed by atoms with Crippen LogP contribution in [0.4, 0.5) is 0 Å². The highest BCUT2D eigenvalue weighted by molar-refractivity contribution is 5.96. The fourth-order valence-corrected chi connectivity index (χ4v) is 3.20. The molecule has 0 saturated carbocycles. The van der Waals surface area contributed by atoms with Gasteiger partial charge >= 0.3 is 0 Å². The number of hydrogen-bond acceptors (Lipinski definition) is 3. The SMILES string of the molecule is CCCC1NC(=O)C(CC)N(CC2CCOC2C)C1=O. The van der Waals surface area contributed by atoms with Crippen LogP contribution in [0.2, 0.25) is 0 Å². The van der Waals surface area contributed by atoms with Crippen molar-refractivity contribution in [3.8, 4) is 0 Å². The van der Waals surface area contributed by atoms with Gasteiger partial charge in [-0.2, -0.15) is 0 Å². The van der Waals surface area contributed by atoms with Crippen molar-refractivity contribution in [2.45, 2.75) is 64.6 Å². The standard InChI is InChI=1S/C15H26N2O3/c1-4-6-12-15(19)17(13(5-2)14(18)16-12)9-11-7-8-20-10(11)3/h10-13H,4-9H2,1-3H3,(H,16,18). The highest BCUT2D eigenvalue weighted by Crippen LogP contribution is 2.25. The van der Waals surface area contributed by atoms with Gasteiger partial charge in [-0.15, -0.1) is 0 Å². The summed E-state index contributed by atoms with van der Waals surface area (Å²) in [6, 6.07) is -0.656. The number of hydrogen-bond donors (Lipinski definition) is 1. The highest BCUT2D eigenvalue weighted by atomic mass is 16.5. The number of ether oxygens (including phenoxy) is 1. The maximum atomic E-state index is 12.6. The Labute approximate surface area is 121 Å². The molecular formula is C15H26N2O3. The van der Waals surface area contributed by atoms with Crippen molar-refractivity contribution in [3.63, 3.8) is 0 Å². The lowest BCUT2D eigenvalue weighted by molar-refractivity contribution is -0.150. The van der Waals surface area contributed by atoms with E-state index in [0.29, 0.717) is 25.3 Å². The smallest absolute Gasteiger partial charge is 0.245 e.